The Morgan fingerprint density at radius 1 is 1.04 bits per heavy atom. The third kappa shape index (κ3) is 4.29. The molecule has 6 nitrogen and oxygen atoms in total. The highest BCUT2D eigenvalue weighted by Crippen LogP contribution is 2.28. The van der Waals surface area contributed by atoms with Crippen molar-refractivity contribution >= 4 is 11.7 Å². The number of hydrogen-bond donors (Lipinski definition) is 1. The van der Waals surface area contributed by atoms with Crippen LogP contribution < -0.4 is 15.2 Å². The smallest absolute Gasteiger partial charge is 0.279 e. The average Bonchev–Trinajstić information content (AvgIpc) is 2.57. The molecule has 0 aliphatic carbocycles. The third-order valence-electron chi connectivity index (χ3n) is 2.99. The summed E-state index contributed by atoms with van der Waals surface area (Å²) in [7, 11) is 0. The fourth-order valence-electron chi connectivity index (χ4n) is 1.95. The molecule has 0 saturated carbocycles. The first-order valence-electron chi connectivity index (χ1n) is 7.34. The molecule has 2 aromatic rings. The van der Waals surface area contributed by atoms with E-state index in [4.69, 9.17) is 15.2 Å². The van der Waals surface area contributed by atoms with Crippen LogP contribution in [0.4, 0.5) is 0 Å². The molecule has 120 valence electrons. The van der Waals surface area contributed by atoms with Crippen LogP contribution in [-0.4, -0.2) is 29.9 Å². The first kappa shape index (κ1) is 16.5. The number of carbonyl (C=O) groups excluding carboxylic acids is 1. The van der Waals surface area contributed by atoms with Crippen LogP contribution >= 0.6 is 0 Å². The molecular weight excluding hydrogens is 294 g/mol. The zero-order valence-electron chi connectivity index (χ0n) is 13.2. The van der Waals surface area contributed by atoms with E-state index in [1.807, 2.05) is 13.8 Å². The van der Waals surface area contributed by atoms with Gasteiger partial charge in [0, 0.05) is 23.5 Å². The van der Waals surface area contributed by atoms with E-state index in [0.717, 1.165) is 0 Å². The van der Waals surface area contributed by atoms with Crippen molar-refractivity contribution in [1.82, 2.24) is 4.98 Å². The number of pyridine rings is 1. The maximum atomic E-state index is 12.3. The molecule has 1 aromatic carbocycles. The van der Waals surface area contributed by atoms with Crippen LogP contribution in [0.15, 0.2) is 47.7 Å². The Kier molecular flexibility index (Phi) is 5.68. The van der Waals surface area contributed by atoms with Crippen molar-refractivity contribution < 1.29 is 14.3 Å². The number of aromatic nitrogens is 1. The van der Waals surface area contributed by atoms with Crippen molar-refractivity contribution in [3.63, 3.8) is 0 Å². The SMILES string of the molecule is CCOc1ccc(C(=O)N=C(N)c2ccncc2)cc1OCC. The van der Waals surface area contributed by atoms with Gasteiger partial charge >= 0.3 is 0 Å². The van der Waals surface area contributed by atoms with Crippen molar-refractivity contribution in [3.05, 3.63) is 53.9 Å². The van der Waals surface area contributed by atoms with Gasteiger partial charge in [-0.25, -0.2) is 0 Å². The van der Waals surface area contributed by atoms with E-state index in [1.54, 1.807) is 42.7 Å². The fraction of sp³-hybridized carbons (Fsp3) is 0.235. The maximum absolute atomic E-state index is 12.3. The number of amidine groups is 1. The lowest BCUT2D eigenvalue weighted by Gasteiger charge is -2.11. The molecule has 0 fully saturated rings. The summed E-state index contributed by atoms with van der Waals surface area (Å²) in [5.74, 6) is 0.808. The number of aliphatic imine (C=N–C) groups is 1. The molecule has 0 saturated heterocycles. The monoisotopic (exact) mass is 313 g/mol. The summed E-state index contributed by atoms with van der Waals surface area (Å²) in [4.78, 5) is 20.1. The average molecular weight is 313 g/mol. The Balaban J connectivity index is 2.27. The number of nitrogens with two attached hydrogens (primary N) is 1. The van der Waals surface area contributed by atoms with Gasteiger partial charge in [-0.05, 0) is 44.2 Å². The first-order valence-corrected chi connectivity index (χ1v) is 7.34. The Labute approximate surface area is 135 Å². The summed E-state index contributed by atoms with van der Waals surface area (Å²) in [6.07, 6.45) is 3.18. The molecule has 0 aliphatic rings. The highest BCUT2D eigenvalue weighted by atomic mass is 16.5. The Bertz CT molecular complexity index is 699. The largest absolute Gasteiger partial charge is 0.490 e. The van der Waals surface area contributed by atoms with Crippen LogP contribution in [0.2, 0.25) is 0 Å². The summed E-state index contributed by atoms with van der Waals surface area (Å²) in [6, 6.07) is 8.32. The second-order valence-corrected chi connectivity index (χ2v) is 4.57. The van der Waals surface area contributed by atoms with Crippen LogP contribution in [0, 0.1) is 0 Å². The summed E-state index contributed by atoms with van der Waals surface area (Å²) < 4.78 is 11.0. The molecule has 23 heavy (non-hydrogen) atoms. The number of ether oxygens (including phenoxy) is 2. The van der Waals surface area contributed by atoms with Gasteiger partial charge in [0.15, 0.2) is 11.5 Å². The lowest BCUT2D eigenvalue weighted by atomic mass is 10.2. The van der Waals surface area contributed by atoms with E-state index >= 15 is 0 Å². The van der Waals surface area contributed by atoms with E-state index in [0.29, 0.717) is 35.8 Å². The molecule has 6 heteroatoms. The van der Waals surface area contributed by atoms with Gasteiger partial charge in [-0.3, -0.25) is 9.78 Å². The number of benzene rings is 1. The number of carbonyl (C=O) groups is 1. The standard InChI is InChI=1S/C17H19N3O3/c1-3-22-14-6-5-13(11-15(14)23-4-2)17(21)20-16(18)12-7-9-19-10-8-12/h5-11H,3-4H2,1-2H3,(H2,18,20,21). The minimum Gasteiger partial charge on any atom is -0.490 e. The first-order chi connectivity index (χ1) is 11.2. The van der Waals surface area contributed by atoms with Gasteiger partial charge in [-0.2, -0.15) is 4.99 Å². The highest BCUT2D eigenvalue weighted by Gasteiger charge is 2.12. The number of nitrogens with zero attached hydrogens (tertiary/aromatic N) is 2. The summed E-state index contributed by atoms with van der Waals surface area (Å²) in [6.45, 7) is 4.74. The lowest BCUT2D eigenvalue weighted by Crippen LogP contribution is -2.16. The molecule has 1 heterocycles. The fourth-order valence-corrected chi connectivity index (χ4v) is 1.95. The predicted molar refractivity (Wildman–Crippen MR) is 88.1 cm³/mol. The summed E-state index contributed by atoms with van der Waals surface area (Å²) in [5, 5.41) is 0. The van der Waals surface area contributed by atoms with Crippen molar-refractivity contribution in [2.45, 2.75) is 13.8 Å². The molecule has 0 aliphatic heterocycles. The van der Waals surface area contributed by atoms with E-state index in [2.05, 4.69) is 9.98 Å². The zero-order valence-corrected chi connectivity index (χ0v) is 13.2. The van der Waals surface area contributed by atoms with E-state index in [1.165, 1.54) is 0 Å². The van der Waals surface area contributed by atoms with Crippen LogP contribution in [0.3, 0.4) is 0 Å². The second kappa shape index (κ2) is 7.93. The topological polar surface area (TPSA) is 86.8 Å². The predicted octanol–water partition coefficient (Wildman–Crippen LogP) is 2.42. The van der Waals surface area contributed by atoms with Crippen molar-refractivity contribution in [2.24, 2.45) is 10.7 Å². The van der Waals surface area contributed by atoms with E-state index in [9.17, 15) is 4.79 Å². The van der Waals surface area contributed by atoms with Crippen LogP contribution in [-0.2, 0) is 0 Å². The molecule has 1 amide bonds. The molecule has 2 N–H and O–H groups in total. The minimum atomic E-state index is -0.441. The van der Waals surface area contributed by atoms with Crippen molar-refractivity contribution in [2.75, 3.05) is 13.2 Å². The molecule has 0 radical (unpaired) electrons. The maximum Gasteiger partial charge on any atom is 0.279 e. The van der Waals surface area contributed by atoms with Crippen LogP contribution in [0.1, 0.15) is 29.8 Å². The molecule has 2 rings (SSSR count). The van der Waals surface area contributed by atoms with Crippen molar-refractivity contribution in [1.29, 1.82) is 0 Å². The van der Waals surface area contributed by atoms with Gasteiger partial charge in [-0.15, -0.1) is 0 Å². The van der Waals surface area contributed by atoms with Gasteiger partial charge in [-0.1, -0.05) is 0 Å². The molecule has 0 atom stereocenters. The molecule has 0 bridgehead atoms. The third-order valence-corrected chi connectivity index (χ3v) is 2.99. The highest BCUT2D eigenvalue weighted by molar-refractivity contribution is 6.08. The molecular formula is C17H19N3O3. The van der Waals surface area contributed by atoms with Gasteiger partial charge in [0.2, 0.25) is 0 Å². The Hall–Kier alpha value is -2.89. The quantitative estimate of drug-likeness (QED) is 0.654. The number of hydrogen-bond acceptors (Lipinski definition) is 4. The Morgan fingerprint density at radius 3 is 2.35 bits per heavy atom. The Morgan fingerprint density at radius 2 is 1.70 bits per heavy atom. The van der Waals surface area contributed by atoms with Crippen LogP contribution in [0.5, 0.6) is 11.5 Å². The van der Waals surface area contributed by atoms with Gasteiger partial charge in [0.1, 0.15) is 5.84 Å². The number of amides is 1. The van der Waals surface area contributed by atoms with Crippen molar-refractivity contribution in [3.8, 4) is 11.5 Å². The van der Waals surface area contributed by atoms with E-state index in [-0.39, 0.29) is 5.84 Å². The number of rotatable bonds is 6. The molecule has 1 aromatic heterocycles. The van der Waals surface area contributed by atoms with Crippen LogP contribution in [0.25, 0.3) is 0 Å². The molecule has 0 spiro atoms. The summed E-state index contributed by atoms with van der Waals surface area (Å²) >= 11 is 0. The normalized spacial score (nSPS) is 11.1. The van der Waals surface area contributed by atoms with E-state index < -0.39 is 5.91 Å². The second-order valence-electron chi connectivity index (χ2n) is 4.57. The van der Waals surface area contributed by atoms with Gasteiger partial charge < -0.3 is 15.2 Å². The molecule has 0 unspecified atom stereocenters. The minimum absolute atomic E-state index is 0.143. The summed E-state index contributed by atoms with van der Waals surface area (Å²) in [5.41, 5.74) is 6.88. The van der Waals surface area contributed by atoms with Gasteiger partial charge in [0.25, 0.3) is 5.91 Å². The van der Waals surface area contributed by atoms with Gasteiger partial charge in [0.05, 0.1) is 13.2 Å². The lowest BCUT2D eigenvalue weighted by molar-refractivity contribution is 0.100. The zero-order chi connectivity index (χ0) is 16.7.